The molecule has 1 saturated heterocycles. The number of carbonyl (C=O) groups excluding carboxylic acids is 2. The zero-order valence-electron chi connectivity index (χ0n) is 14.6. The van der Waals surface area contributed by atoms with E-state index in [-0.39, 0.29) is 17.9 Å². The molecule has 2 fully saturated rings. The maximum Gasteiger partial charge on any atom is 0.272 e. The highest BCUT2D eigenvalue weighted by Gasteiger charge is 2.29. The Labute approximate surface area is 143 Å². The molecule has 1 aromatic heterocycles. The molecule has 0 bridgehead atoms. The smallest absolute Gasteiger partial charge is 0.272 e. The highest BCUT2D eigenvalue weighted by atomic mass is 16.2. The molecule has 1 aromatic rings. The van der Waals surface area contributed by atoms with E-state index in [0.717, 1.165) is 38.8 Å². The molecule has 0 spiro atoms. The SMILES string of the molecule is C[C@@H]1[C@H](C)CCC[C@@H]1NC(=O)c1cccc(C(=O)N2CCCC2)n1. The summed E-state index contributed by atoms with van der Waals surface area (Å²) < 4.78 is 0. The van der Waals surface area contributed by atoms with Gasteiger partial charge in [-0.05, 0) is 43.2 Å². The van der Waals surface area contributed by atoms with Gasteiger partial charge in [-0.2, -0.15) is 0 Å². The number of aromatic nitrogens is 1. The molecule has 130 valence electrons. The minimum atomic E-state index is -0.169. The van der Waals surface area contributed by atoms with Gasteiger partial charge < -0.3 is 10.2 Å². The Kier molecular flexibility index (Phi) is 5.17. The first-order valence-corrected chi connectivity index (χ1v) is 9.13. The number of hydrogen-bond acceptors (Lipinski definition) is 3. The van der Waals surface area contributed by atoms with E-state index in [0.29, 0.717) is 23.2 Å². The maximum absolute atomic E-state index is 12.6. The average molecular weight is 329 g/mol. The third-order valence-corrected chi connectivity index (χ3v) is 5.62. The molecular formula is C19H27N3O2. The van der Waals surface area contributed by atoms with Gasteiger partial charge >= 0.3 is 0 Å². The summed E-state index contributed by atoms with van der Waals surface area (Å²) in [5, 5.41) is 3.12. The normalized spacial score (nSPS) is 27.1. The molecule has 5 nitrogen and oxygen atoms in total. The van der Waals surface area contributed by atoms with Crippen LogP contribution in [0.1, 0.15) is 66.9 Å². The molecule has 1 aliphatic heterocycles. The summed E-state index contributed by atoms with van der Waals surface area (Å²) in [5.41, 5.74) is 0.708. The number of likely N-dealkylation sites (tertiary alicyclic amines) is 1. The van der Waals surface area contributed by atoms with Crippen molar-refractivity contribution in [1.29, 1.82) is 0 Å². The minimum absolute atomic E-state index is 0.0678. The van der Waals surface area contributed by atoms with Gasteiger partial charge in [0.2, 0.25) is 0 Å². The van der Waals surface area contributed by atoms with Crippen molar-refractivity contribution in [3.05, 3.63) is 29.6 Å². The molecule has 24 heavy (non-hydrogen) atoms. The first-order chi connectivity index (χ1) is 11.6. The lowest BCUT2D eigenvalue weighted by atomic mass is 9.78. The Balaban J connectivity index is 1.69. The summed E-state index contributed by atoms with van der Waals surface area (Å²) >= 11 is 0. The van der Waals surface area contributed by atoms with Crippen LogP contribution in [0.15, 0.2) is 18.2 Å². The second-order valence-corrected chi connectivity index (χ2v) is 7.25. The van der Waals surface area contributed by atoms with Crippen molar-refractivity contribution in [3.8, 4) is 0 Å². The number of hydrogen-bond donors (Lipinski definition) is 1. The van der Waals surface area contributed by atoms with Crippen LogP contribution in [0.4, 0.5) is 0 Å². The van der Waals surface area contributed by atoms with Gasteiger partial charge in [0.1, 0.15) is 11.4 Å². The Morgan fingerprint density at radius 1 is 1.08 bits per heavy atom. The number of carbonyl (C=O) groups is 2. The quantitative estimate of drug-likeness (QED) is 0.927. The minimum Gasteiger partial charge on any atom is -0.348 e. The monoisotopic (exact) mass is 329 g/mol. The lowest BCUT2D eigenvalue weighted by Crippen LogP contribution is -2.44. The Hall–Kier alpha value is -1.91. The fourth-order valence-corrected chi connectivity index (χ4v) is 3.79. The van der Waals surface area contributed by atoms with E-state index in [1.165, 1.54) is 6.42 Å². The van der Waals surface area contributed by atoms with Crippen molar-refractivity contribution < 1.29 is 9.59 Å². The van der Waals surface area contributed by atoms with Crippen LogP contribution in [-0.4, -0.2) is 40.8 Å². The molecule has 0 unspecified atom stereocenters. The molecule has 0 radical (unpaired) electrons. The molecule has 3 atom stereocenters. The third kappa shape index (κ3) is 3.60. The zero-order chi connectivity index (χ0) is 17.1. The Morgan fingerprint density at radius 3 is 2.54 bits per heavy atom. The van der Waals surface area contributed by atoms with Crippen LogP contribution in [0.3, 0.4) is 0 Å². The van der Waals surface area contributed by atoms with Crippen LogP contribution in [-0.2, 0) is 0 Å². The maximum atomic E-state index is 12.6. The van der Waals surface area contributed by atoms with Gasteiger partial charge in [-0.15, -0.1) is 0 Å². The molecule has 2 amide bonds. The zero-order valence-corrected chi connectivity index (χ0v) is 14.6. The number of nitrogens with zero attached hydrogens (tertiary/aromatic N) is 2. The highest BCUT2D eigenvalue weighted by molar-refractivity contribution is 5.96. The second kappa shape index (κ2) is 7.32. The van der Waals surface area contributed by atoms with Gasteiger partial charge in [-0.25, -0.2) is 4.98 Å². The van der Waals surface area contributed by atoms with Crippen LogP contribution in [0.25, 0.3) is 0 Å². The number of pyridine rings is 1. The number of rotatable bonds is 3. The average Bonchev–Trinajstić information content (AvgIpc) is 3.13. The molecule has 2 heterocycles. The van der Waals surface area contributed by atoms with Crippen LogP contribution in [0.2, 0.25) is 0 Å². The Morgan fingerprint density at radius 2 is 1.79 bits per heavy atom. The summed E-state index contributed by atoms with van der Waals surface area (Å²) in [5.74, 6) is 0.857. The van der Waals surface area contributed by atoms with E-state index in [9.17, 15) is 9.59 Å². The van der Waals surface area contributed by atoms with Gasteiger partial charge in [-0.1, -0.05) is 32.8 Å². The van der Waals surface area contributed by atoms with Crippen molar-refractivity contribution in [2.45, 2.75) is 52.0 Å². The standard InChI is InChI=1S/C19H27N3O2/c1-13-7-5-8-15(14(13)2)21-18(23)16-9-6-10-17(20-16)19(24)22-11-3-4-12-22/h6,9-10,13-15H,3-5,7-8,11-12H2,1-2H3,(H,21,23)/t13-,14-,15+/m1/s1. The van der Waals surface area contributed by atoms with E-state index in [1.807, 2.05) is 4.90 Å². The second-order valence-electron chi connectivity index (χ2n) is 7.25. The van der Waals surface area contributed by atoms with E-state index >= 15 is 0 Å². The largest absolute Gasteiger partial charge is 0.348 e. The van der Waals surface area contributed by atoms with Crippen molar-refractivity contribution in [2.75, 3.05) is 13.1 Å². The molecule has 1 aliphatic carbocycles. The molecular weight excluding hydrogens is 302 g/mol. The predicted molar refractivity (Wildman–Crippen MR) is 92.8 cm³/mol. The van der Waals surface area contributed by atoms with Gasteiger partial charge in [0, 0.05) is 19.1 Å². The summed E-state index contributed by atoms with van der Waals surface area (Å²) in [6.07, 6.45) is 5.49. The first-order valence-electron chi connectivity index (χ1n) is 9.13. The van der Waals surface area contributed by atoms with Gasteiger partial charge in [0.15, 0.2) is 0 Å². The molecule has 3 rings (SSSR count). The van der Waals surface area contributed by atoms with E-state index < -0.39 is 0 Å². The van der Waals surface area contributed by atoms with Gasteiger partial charge in [-0.3, -0.25) is 9.59 Å². The first kappa shape index (κ1) is 16.9. The van der Waals surface area contributed by atoms with Gasteiger partial charge in [0.05, 0.1) is 0 Å². The fourth-order valence-electron chi connectivity index (χ4n) is 3.79. The van der Waals surface area contributed by atoms with Crippen molar-refractivity contribution in [2.24, 2.45) is 11.8 Å². The van der Waals surface area contributed by atoms with E-state index in [4.69, 9.17) is 0 Å². The fraction of sp³-hybridized carbons (Fsp3) is 0.632. The Bertz CT molecular complexity index is 610. The van der Waals surface area contributed by atoms with Crippen LogP contribution in [0.5, 0.6) is 0 Å². The lowest BCUT2D eigenvalue weighted by molar-refractivity contribution is 0.0786. The van der Waals surface area contributed by atoms with E-state index in [1.54, 1.807) is 18.2 Å². The third-order valence-electron chi connectivity index (χ3n) is 5.62. The summed E-state index contributed by atoms with van der Waals surface area (Å²) in [4.78, 5) is 31.1. The summed E-state index contributed by atoms with van der Waals surface area (Å²) in [7, 11) is 0. The summed E-state index contributed by atoms with van der Waals surface area (Å²) in [6.45, 7) is 6.02. The topological polar surface area (TPSA) is 62.3 Å². The highest BCUT2D eigenvalue weighted by Crippen LogP contribution is 2.29. The number of amides is 2. The van der Waals surface area contributed by atoms with Crippen molar-refractivity contribution >= 4 is 11.8 Å². The van der Waals surface area contributed by atoms with Crippen LogP contribution < -0.4 is 5.32 Å². The predicted octanol–water partition coefficient (Wildman–Crippen LogP) is 2.87. The van der Waals surface area contributed by atoms with E-state index in [2.05, 4.69) is 24.1 Å². The molecule has 0 aromatic carbocycles. The van der Waals surface area contributed by atoms with Crippen LogP contribution >= 0.6 is 0 Å². The summed E-state index contributed by atoms with van der Waals surface area (Å²) in [6, 6.07) is 5.33. The lowest BCUT2D eigenvalue weighted by Gasteiger charge is -2.34. The van der Waals surface area contributed by atoms with Crippen LogP contribution in [0, 0.1) is 11.8 Å². The molecule has 1 N–H and O–H groups in total. The van der Waals surface area contributed by atoms with Crippen molar-refractivity contribution in [3.63, 3.8) is 0 Å². The molecule has 5 heteroatoms. The van der Waals surface area contributed by atoms with Crippen molar-refractivity contribution in [1.82, 2.24) is 15.2 Å². The van der Waals surface area contributed by atoms with Gasteiger partial charge in [0.25, 0.3) is 11.8 Å². The molecule has 2 aliphatic rings. The molecule has 1 saturated carbocycles. The number of nitrogens with one attached hydrogen (secondary N) is 1.